The Kier molecular flexibility index (Phi) is 7.70. The van der Waals surface area contributed by atoms with Crippen molar-refractivity contribution in [1.82, 2.24) is 24.8 Å². The first-order chi connectivity index (χ1) is 20.4. The number of hydrogen-bond donors (Lipinski definition) is 0. The fourth-order valence-corrected chi connectivity index (χ4v) is 6.64. The zero-order valence-corrected chi connectivity index (χ0v) is 23.9. The monoisotopic (exact) mass is 589 g/mol. The van der Waals surface area contributed by atoms with Gasteiger partial charge in [-0.25, -0.2) is 8.78 Å². The summed E-state index contributed by atoms with van der Waals surface area (Å²) in [4.78, 5) is 31.6. The van der Waals surface area contributed by atoms with Crippen molar-refractivity contribution in [1.29, 1.82) is 5.26 Å². The molecule has 0 aliphatic carbocycles. The average Bonchev–Trinajstić information content (AvgIpc) is 3.64. The predicted octanol–water partition coefficient (Wildman–Crippen LogP) is 4.93. The molecule has 42 heavy (non-hydrogen) atoms. The summed E-state index contributed by atoms with van der Waals surface area (Å²) in [6.07, 6.45) is 3.59. The van der Waals surface area contributed by atoms with Gasteiger partial charge >= 0.3 is 6.01 Å². The molecule has 9 nitrogen and oxygen atoms in total. The second kappa shape index (κ2) is 11.6. The summed E-state index contributed by atoms with van der Waals surface area (Å²) in [7, 11) is 2.04. The molecule has 6 rings (SSSR count). The Labute approximate surface area is 245 Å². The van der Waals surface area contributed by atoms with Crippen molar-refractivity contribution in [2.75, 3.05) is 44.7 Å². The highest BCUT2D eigenvalue weighted by atomic mass is 32.1. The van der Waals surface area contributed by atoms with Gasteiger partial charge in [-0.1, -0.05) is 18.7 Å². The summed E-state index contributed by atoms with van der Waals surface area (Å²) in [5, 5.41) is 12.7. The maximum Gasteiger partial charge on any atom is 0.319 e. The first-order valence-electron chi connectivity index (χ1n) is 13.8. The van der Waals surface area contributed by atoms with Crippen LogP contribution >= 0.6 is 11.3 Å². The zero-order chi connectivity index (χ0) is 29.4. The average molecular weight is 590 g/mol. The van der Waals surface area contributed by atoms with Gasteiger partial charge < -0.3 is 19.4 Å². The minimum Gasteiger partial charge on any atom is -0.462 e. The number of carbonyl (C=O) groups excluding carboxylic acids is 1. The number of hydrogen-bond acceptors (Lipinski definition) is 9. The smallest absolute Gasteiger partial charge is 0.319 e. The molecule has 12 heteroatoms. The topological polar surface area (TPSA) is 98.5 Å². The number of thiophene rings is 1. The van der Waals surface area contributed by atoms with E-state index in [9.17, 15) is 14.4 Å². The van der Waals surface area contributed by atoms with Gasteiger partial charge in [-0.3, -0.25) is 9.78 Å². The molecule has 0 unspecified atom stereocenters. The molecular formula is C30H29F2N7O2S. The molecule has 2 atom stereocenters. The summed E-state index contributed by atoms with van der Waals surface area (Å²) < 4.78 is 37.2. The van der Waals surface area contributed by atoms with Crippen molar-refractivity contribution in [2.45, 2.75) is 31.3 Å². The van der Waals surface area contributed by atoms with Gasteiger partial charge in [0.2, 0.25) is 0 Å². The lowest BCUT2D eigenvalue weighted by Gasteiger charge is -2.41. The molecule has 216 valence electrons. The number of ether oxygens (including phenoxy) is 1. The fourth-order valence-electron chi connectivity index (χ4n) is 5.83. The summed E-state index contributed by atoms with van der Waals surface area (Å²) in [5.41, 5.74) is 0.910. The molecule has 4 aromatic rings. The molecule has 0 radical (unpaired) electrons. The van der Waals surface area contributed by atoms with E-state index >= 15 is 4.39 Å². The van der Waals surface area contributed by atoms with E-state index in [1.54, 1.807) is 17.5 Å². The quantitative estimate of drug-likeness (QED) is 0.280. The lowest BCUT2D eigenvalue weighted by Crippen LogP contribution is -2.55. The third kappa shape index (κ3) is 5.14. The molecule has 1 amide bonds. The molecule has 0 N–H and O–H groups in total. The second-order valence-electron chi connectivity index (χ2n) is 10.6. The SMILES string of the molecule is C=C(F)C(=O)N1CCN(c2nc(OC[C@@H]3CCCN3C)nc3c(F)c(-c4cccc5sccc45)ncc23)C[C@@H]1CC#N. The standard InChI is InChI=1S/C30H29F2N7O2S/c1-18(31)29(40)39-13-12-38(16-19(39)8-10-33)28-23-15-34-26(22-6-3-7-24-21(22)9-14-42-24)25(32)27(23)35-30(36-28)41-17-20-5-4-11-37(20)2/h3,6-7,9,14-15,19-20H,1,4-5,8,11-13,16-17H2,2H3/t19-,20-/m0/s1. The summed E-state index contributed by atoms with van der Waals surface area (Å²) in [5.74, 6) is -2.12. The van der Waals surface area contributed by atoms with Crippen molar-refractivity contribution in [3.63, 3.8) is 0 Å². The highest BCUT2D eigenvalue weighted by Crippen LogP contribution is 2.36. The van der Waals surface area contributed by atoms with Crippen LogP contribution in [0, 0.1) is 17.1 Å². The first-order valence-corrected chi connectivity index (χ1v) is 14.7. The van der Waals surface area contributed by atoms with E-state index in [0.29, 0.717) is 23.4 Å². The van der Waals surface area contributed by atoms with Crippen molar-refractivity contribution in [2.24, 2.45) is 0 Å². The molecule has 2 aliphatic heterocycles. The number of nitrogens with zero attached hydrogens (tertiary/aromatic N) is 7. The van der Waals surface area contributed by atoms with E-state index in [-0.39, 0.29) is 49.3 Å². The van der Waals surface area contributed by atoms with Crippen LogP contribution in [0.4, 0.5) is 14.6 Å². The Bertz CT molecular complexity index is 1720. The number of piperazine rings is 1. The molecule has 2 saturated heterocycles. The largest absolute Gasteiger partial charge is 0.462 e. The van der Waals surface area contributed by atoms with Gasteiger partial charge in [-0.2, -0.15) is 15.2 Å². The van der Waals surface area contributed by atoms with Crippen LogP contribution in [-0.2, 0) is 4.79 Å². The van der Waals surface area contributed by atoms with Crippen LogP contribution in [0.3, 0.4) is 0 Å². The fraction of sp³-hybridized carbons (Fsp3) is 0.367. The number of rotatable bonds is 7. The molecule has 5 heterocycles. The van der Waals surface area contributed by atoms with E-state index in [1.165, 1.54) is 4.90 Å². The summed E-state index contributed by atoms with van der Waals surface area (Å²) in [6, 6.07) is 9.34. The number of likely N-dealkylation sites (N-methyl/N-ethyl adjacent to an activating group) is 1. The Morgan fingerprint density at radius 2 is 2.07 bits per heavy atom. The Morgan fingerprint density at radius 1 is 1.21 bits per heavy atom. The number of nitriles is 1. The van der Waals surface area contributed by atoms with Crippen molar-refractivity contribution >= 4 is 44.1 Å². The first kappa shape index (κ1) is 27.9. The van der Waals surface area contributed by atoms with Gasteiger partial charge in [0.15, 0.2) is 11.6 Å². The second-order valence-corrected chi connectivity index (χ2v) is 11.6. The lowest BCUT2D eigenvalue weighted by molar-refractivity contribution is -0.131. The van der Waals surface area contributed by atoms with Crippen LogP contribution in [0.25, 0.3) is 32.2 Å². The molecule has 2 fully saturated rings. The van der Waals surface area contributed by atoms with Gasteiger partial charge in [0.1, 0.15) is 23.6 Å². The van der Waals surface area contributed by atoms with Crippen molar-refractivity contribution in [3.05, 3.63) is 54.1 Å². The number of aromatic nitrogens is 3. The Balaban J connectivity index is 1.43. The van der Waals surface area contributed by atoms with Gasteiger partial charge in [-0.05, 0) is 43.9 Å². The zero-order valence-electron chi connectivity index (χ0n) is 23.1. The molecule has 1 aromatic carbocycles. The maximum atomic E-state index is 16.4. The number of amides is 1. The highest BCUT2D eigenvalue weighted by molar-refractivity contribution is 7.17. The van der Waals surface area contributed by atoms with Crippen molar-refractivity contribution < 1.29 is 18.3 Å². The minimum absolute atomic E-state index is 0.0166. The number of anilines is 1. The molecule has 2 aliphatic rings. The molecule has 0 saturated carbocycles. The van der Waals surface area contributed by atoms with E-state index in [4.69, 9.17) is 4.74 Å². The van der Waals surface area contributed by atoms with Gasteiger partial charge in [0.05, 0.1) is 23.9 Å². The molecule has 0 spiro atoms. The van der Waals surface area contributed by atoms with Crippen LogP contribution in [0.1, 0.15) is 19.3 Å². The number of carbonyl (C=O) groups is 1. The van der Waals surface area contributed by atoms with Crippen LogP contribution < -0.4 is 9.64 Å². The van der Waals surface area contributed by atoms with E-state index in [2.05, 4.69) is 32.5 Å². The number of fused-ring (bicyclic) bond motifs is 2. The number of halogens is 2. The van der Waals surface area contributed by atoms with E-state index in [1.807, 2.05) is 41.6 Å². The summed E-state index contributed by atoms with van der Waals surface area (Å²) >= 11 is 1.57. The third-order valence-electron chi connectivity index (χ3n) is 8.07. The van der Waals surface area contributed by atoms with Crippen molar-refractivity contribution in [3.8, 4) is 23.3 Å². The third-order valence-corrected chi connectivity index (χ3v) is 8.96. The van der Waals surface area contributed by atoms with E-state index < -0.39 is 23.6 Å². The van der Waals surface area contributed by atoms with Crippen LogP contribution in [-0.4, -0.2) is 82.6 Å². The van der Waals surface area contributed by atoms with Gasteiger partial charge in [-0.15, -0.1) is 11.3 Å². The van der Waals surface area contributed by atoms with E-state index in [0.717, 1.165) is 29.5 Å². The van der Waals surface area contributed by atoms with Gasteiger partial charge in [0.25, 0.3) is 5.91 Å². The predicted molar refractivity (Wildman–Crippen MR) is 157 cm³/mol. The van der Waals surface area contributed by atoms with Gasteiger partial charge in [0, 0.05) is 47.5 Å². The van der Waals surface area contributed by atoms with Crippen LogP contribution in [0.2, 0.25) is 0 Å². The minimum atomic E-state index is -1.08. The number of likely N-dealkylation sites (tertiary alicyclic amines) is 1. The number of benzene rings is 1. The normalized spacial score (nSPS) is 19.4. The number of pyridine rings is 1. The Hall–Kier alpha value is -4.21. The molecular weight excluding hydrogens is 560 g/mol. The molecule has 3 aromatic heterocycles. The van der Waals surface area contributed by atoms with Crippen LogP contribution in [0.15, 0.2) is 48.2 Å². The van der Waals surface area contributed by atoms with Crippen LogP contribution in [0.5, 0.6) is 6.01 Å². The highest BCUT2D eigenvalue weighted by Gasteiger charge is 2.34. The lowest BCUT2D eigenvalue weighted by atomic mass is 10.0. The Morgan fingerprint density at radius 3 is 2.83 bits per heavy atom. The summed E-state index contributed by atoms with van der Waals surface area (Å²) in [6.45, 7) is 5.05. The molecule has 0 bridgehead atoms. The maximum absolute atomic E-state index is 16.4.